The molecule has 1 fully saturated rings. The summed E-state index contributed by atoms with van der Waals surface area (Å²) < 4.78 is 13.9. The van der Waals surface area contributed by atoms with E-state index in [1.54, 1.807) is 4.68 Å². The molecule has 7 nitrogen and oxygen atoms in total. The number of para-hydroxylation sites is 2. The third kappa shape index (κ3) is 5.44. The lowest BCUT2D eigenvalue weighted by Crippen LogP contribution is -2.48. The van der Waals surface area contributed by atoms with Crippen LogP contribution in [-0.4, -0.2) is 46.9 Å². The molecule has 7 heteroatoms. The first kappa shape index (κ1) is 20.9. The van der Waals surface area contributed by atoms with Crippen LogP contribution in [0.25, 0.3) is 0 Å². The van der Waals surface area contributed by atoms with Crippen LogP contribution in [0.5, 0.6) is 11.5 Å². The van der Waals surface area contributed by atoms with E-state index in [0.29, 0.717) is 13.2 Å². The summed E-state index contributed by atoms with van der Waals surface area (Å²) in [6.45, 7) is 5.60. The van der Waals surface area contributed by atoms with Gasteiger partial charge in [0.2, 0.25) is 0 Å². The summed E-state index contributed by atoms with van der Waals surface area (Å²) in [5.41, 5.74) is 2.13. The van der Waals surface area contributed by atoms with Crippen molar-refractivity contribution in [3.05, 3.63) is 78.1 Å². The average molecular weight is 420 g/mol. The van der Waals surface area contributed by atoms with E-state index in [1.165, 1.54) is 0 Å². The Morgan fingerprint density at radius 2 is 2.00 bits per heavy atom. The van der Waals surface area contributed by atoms with Crippen LogP contribution in [0.3, 0.4) is 0 Å². The Balaban J connectivity index is 1.49. The van der Waals surface area contributed by atoms with Gasteiger partial charge in [-0.15, -0.1) is 0 Å². The molecule has 3 aromatic rings. The first-order chi connectivity index (χ1) is 15.2. The van der Waals surface area contributed by atoms with Gasteiger partial charge in [0.05, 0.1) is 25.9 Å². The topological polar surface area (TPSA) is 63.9 Å². The number of hydrogen-bond donors (Lipinski definition) is 1. The van der Waals surface area contributed by atoms with Crippen molar-refractivity contribution in [2.75, 3.05) is 26.2 Å². The van der Waals surface area contributed by atoms with Crippen LogP contribution in [0.2, 0.25) is 0 Å². The highest BCUT2D eigenvalue weighted by Crippen LogP contribution is 2.26. The van der Waals surface area contributed by atoms with Gasteiger partial charge in [0.15, 0.2) is 5.96 Å². The predicted molar refractivity (Wildman–Crippen MR) is 121 cm³/mol. The number of morpholine rings is 1. The predicted octanol–water partition coefficient (Wildman–Crippen LogP) is 3.75. The van der Waals surface area contributed by atoms with Gasteiger partial charge in [0, 0.05) is 37.5 Å². The Labute approximate surface area is 183 Å². The quantitative estimate of drug-likeness (QED) is 0.487. The highest BCUT2D eigenvalue weighted by atomic mass is 16.5. The summed E-state index contributed by atoms with van der Waals surface area (Å²) in [5, 5.41) is 7.70. The van der Waals surface area contributed by atoms with Gasteiger partial charge in [0.25, 0.3) is 0 Å². The molecule has 1 aliphatic heterocycles. The van der Waals surface area contributed by atoms with E-state index in [4.69, 9.17) is 14.5 Å². The van der Waals surface area contributed by atoms with Crippen molar-refractivity contribution in [2.45, 2.75) is 19.6 Å². The zero-order valence-electron chi connectivity index (χ0n) is 18.1. The first-order valence-corrected chi connectivity index (χ1v) is 10.7. The van der Waals surface area contributed by atoms with E-state index in [2.05, 4.69) is 28.3 Å². The number of nitrogens with zero attached hydrogens (tertiary/aromatic N) is 4. The van der Waals surface area contributed by atoms with Crippen molar-refractivity contribution in [3.8, 4) is 11.5 Å². The molecule has 1 N–H and O–H groups in total. The van der Waals surface area contributed by atoms with Crippen molar-refractivity contribution >= 4 is 5.96 Å². The Bertz CT molecular complexity index is 1000. The van der Waals surface area contributed by atoms with Gasteiger partial charge in [-0.1, -0.05) is 36.4 Å². The van der Waals surface area contributed by atoms with Crippen molar-refractivity contribution in [3.63, 3.8) is 0 Å². The van der Waals surface area contributed by atoms with Gasteiger partial charge in [-0.2, -0.15) is 5.10 Å². The van der Waals surface area contributed by atoms with Crippen LogP contribution in [0.15, 0.2) is 72.0 Å². The van der Waals surface area contributed by atoms with Crippen molar-refractivity contribution < 1.29 is 9.47 Å². The number of ether oxygens (including phenoxy) is 2. The monoisotopic (exact) mass is 419 g/mol. The summed E-state index contributed by atoms with van der Waals surface area (Å²) in [5.74, 6) is 2.52. The van der Waals surface area contributed by atoms with E-state index in [0.717, 1.165) is 48.2 Å². The number of rotatable bonds is 6. The SMILES string of the molecule is CCNC(=NCc1ccccc1Oc1ccccc1)N1CCOC(c2cnn(C)c2)C1. The molecular weight excluding hydrogens is 390 g/mol. The zero-order chi connectivity index (χ0) is 21.5. The molecule has 0 amide bonds. The smallest absolute Gasteiger partial charge is 0.194 e. The molecule has 1 aromatic heterocycles. The number of benzene rings is 2. The van der Waals surface area contributed by atoms with E-state index >= 15 is 0 Å². The number of guanidine groups is 1. The number of aromatic nitrogens is 2. The number of aryl methyl sites for hydroxylation is 1. The van der Waals surface area contributed by atoms with E-state index in [-0.39, 0.29) is 6.10 Å². The minimum absolute atomic E-state index is 0.0139. The fraction of sp³-hybridized carbons (Fsp3) is 0.333. The van der Waals surface area contributed by atoms with Gasteiger partial charge in [-0.05, 0) is 25.1 Å². The number of nitrogens with one attached hydrogen (secondary N) is 1. The van der Waals surface area contributed by atoms with Gasteiger partial charge in [-0.3, -0.25) is 4.68 Å². The first-order valence-electron chi connectivity index (χ1n) is 10.7. The van der Waals surface area contributed by atoms with Gasteiger partial charge in [-0.25, -0.2) is 4.99 Å². The molecule has 162 valence electrons. The second-order valence-corrected chi connectivity index (χ2v) is 7.45. The maximum Gasteiger partial charge on any atom is 0.194 e. The summed E-state index contributed by atoms with van der Waals surface area (Å²) in [6.07, 6.45) is 3.87. The third-order valence-electron chi connectivity index (χ3n) is 5.14. The van der Waals surface area contributed by atoms with Crippen molar-refractivity contribution in [2.24, 2.45) is 12.0 Å². The van der Waals surface area contributed by atoms with Gasteiger partial charge in [0.1, 0.15) is 17.6 Å². The molecule has 4 rings (SSSR count). The van der Waals surface area contributed by atoms with Crippen molar-refractivity contribution in [1.82, 2.24) is 20.0 Å². The highest BCUT2D eigenvalue weighted by molar-refractivity contribution is 5.80. The maximum absolute atomic E-state index is 6.09. The molecule has 1 unspecified atom stereocenters. The van der Waals surface area contributed by atoms with Crippen LogP contribution >= 0.6 is 0 Å². The molecule has 31 heavy (non-hydrogen) atoms. The fourth-order valence-electron chi connectivity index (χ4n) is 3.59. The Kier molecular flexibility index (Phi) is 6.84. The third-order valence-corrected chi connectivity index (χ3v) is 5.14. The molecule has 2 aromatic carbocycles. The minimum atomic E-state index is -0.0139. The normalized spacial score (nSPS) is 16.9. The molecule has 1 aliphatic rings. The summed E-state index contributed by atoms with van der Waals surface area (Å²) >= 11 is 0. The molecule has 0 radical (unpaired) electrons. The van der Waals surface area contributed by atoms with Crippen LogP contribution in [0.4, 0.5) is 0 Å². The molecule has 0 spiro atoms. The van der Waals surface area contributed by atoms with E-state index in [9.17, 15) is 0 Å². The molecule has 0 aliphatic carbocycles. The molecule has 2 heterocycles. The van der Waals surface area contributed by atoms with Crippen LogP contribution in [-0.2, 0) is 18.3 Å². The lowest BCUT2D eigenvalue weighted by atomic mass is 10.1. The molecule has 0 bridgehead atoms. The lowest BCUT2D eigenvalue weighted by Gasteiger charge is -2.34. The average Bonchev–Trinajstić information content (AvgIpc) is 3.25. The maximum atomic E-state index is 6.09. The molecule has 1 saturated heterocycles. The summed E-state index contributed by atoms with van der Waals surface area (Å²) in [7, 11) is 1.92. The minimum Gasteiger partial charge on any atom is -0.457 e. The second-order valence-electron chi connectivity index (χ2n) is 7.45. The highest BCUT2D eigenvalue weighted by Gasteiger charge is 2.25. The van der Waals surface area contributed by atoms with Crippen LogP contribution in [0, 0.1) is 0 Å². The van der Waals surface area contributed by atoms with Gasteiger partial charge >= 0.3 is 0 Å². The summed E-state index contributed by atoms with van der Waals surface area (Å²) in [4.78, 5) is 7.17. The Morgan fingerprint density at radius 1 is 1.19 bits per heavy atom. The second kappa shape index (κ2) is 10.1. The van der Waals surface area contributed by atoms with Crippen LogP contribution < -0.4 is 10.1 Å². The van der Waals surface area contributed by atoms with Crippen molar-refractivity contribution in [1.29, 1.82) is 0 Å². The van der Waals surface area contributed by atoms with Crippen LogP contribution in [0.1, 0.15) is 24.2 Å². The Morgan fingerprint density at radius 3 is 2.77 bits per heavy atom. The molecular formula is C24H29N5O2. The Hall–Kier alpha value is -3.32. The molecule has 0 saturated carbocycles. The summed E-state index contributed by atoms with van der Waals surface area (Å²) in [6, 6.07) is 17.9. The standard InChI is InChI=1S/C24H29N5O2/c1-3-25-24(29-13-14-30-23(18-29)20-16-27-28(2)17-20)26-15-19-9-7-8-12-22(19)31-21-10-5-4-6-11-21/h4-12,16-17,23H,3,13-15,18H2,1-2H3,(H,25,26). The number of hydrogen-bond acceptors (Lipinski definition) is 4. The van der Waals surface area contributed by atoms with Gasteiger partial charge < -0.3 is 19.7 Å². The fourth-order valence-corrected chi connectivity index (χ4v) is 3.59. The number of aliphatic imine (C=N–C) groups is 1. The largest absolute Gasteiger partial charge is 0.457 e. The molecule has 1 atom stereocenters. The lowest BCUT2D eigenvalue weighted by molar-refractivity contribution is -0.00805. The van der Waals surface area contributed by atoms with E-state index < -0.39 is 0 Å². The van der Waals surface area contributed by atoms with E-state index in [1.807, 2.05) is 68.0 Å². The zero-order valence-corrected chi connectivity index (χ0v) is 18.1.